The van der Waals surface area contributed by atoms with Gasteiger partial charge in [-0.25, -0.2) is 0 Å². The second kappa shape index (κ2) is 8.22. The SMILES string of the molecule is C=CCNC(=O)CN(C)CCN1CCNCC1. The van der Waals surface area contributed by atoms with E-state index in [2.05, 4.69) is 27.0 Å². The minimum absolute atomic E-state index is 0.0627. The zero-order valence-corrected chi connectivity index (χ0v) is 10.7. The van der Waals surface area contributed by atoms with Gasteiger partial charge < -0.3 is 10.6 Å². The molecule has 0 bridgehead atoms. The number of nitrogens with one attached hydrogen (secondary N) is 2. The van der Waals surface area contributed by atoms with E-state index in [1.54, 1.807) is 6.08 Å². The summed E-state index contributed by atoms with van der Waals surface area (Å²) in [4.78, 5) is 15.9. The minimum atomic E-state index is 0.0627. The first-order chi connectivity index (χ1) is 8.22. The van der Waals surface area contributed by atoms with E-state index in [-0.39, 0.29) is 5.91 Å². The molecule has 17 heavy (non-hydrogen) atoms. The zero-order chi connectivity index (χ0) is 12.5. The Balaban J connectivity index is 2.09. The van der Waals surface area contributed by atoms with Crippen LogP contribution in [0.3, 0.4) is 0 Å². The van der Waals surface area contributed by atoms with Crippen LogP contribution in [-0.4, -0.2) is 75.1 Å². The van der Waals surface area contributed by atoms with Crippen LogP contribution in [0.15, 0.2) is 12.7 Å². The maximum absolute atomic E-state index is 11.4. The highest BCUT2D eigenvalue weighted by atomic mass is 16.2. The lowest BCUT2D eigenvalue weighted by atomic mass is 10.3. The van der Waals surface area contributed by atoms with Crippen LogP contribution in [0.4, 0.5) is 0 Å². The van der Waals surface area contributed by atoms with E-state index in [9.17, 15) is 4.79 Å². The van der Waals surface area contributed by atoms with Crippen molar-refractivity contribution in [1.82, 2.24) is 20.4 Å². The summed E-state index contributed by atoms with van der Waals surface area (Å²) in [5, 5.41) is 6.11. The summed E-state index contributed by atoms with van der Waals surface area (Å²) in [5.74, 6) is 0.0627. The Labute approximate surface area is 104 Å². The van der Waals surface area contributed by atoms with Crippen molar-refractivity contribution in [2.24, 2.45) is 0 Å². The highest BCUT2D eigenvalue weighted by Crippen LogP contribution is 1.92. The molecule has 1 saturated heterocycles. The molecule has 0 saturated carbocycles. The number of carbonyl (C=O) groups is 1. The van der Waals surface area contributed by atoms with Gasteiger partial charge in [0.05, 0.1) is 6.54 Å². The normalized spacial score (nSPS) is 17.1. The first-order valence-electron chi connectivity index (χ1n) is 6.21. The summed E-state index contributed by atoms with van der Waals surface area (Å²) in [6, 6.07) is 0. The van der Waals surface area contributed by atoms with Crippen molar-refractivity contribution in [3.8, 4) is 0 Å². The van der Waals surface area contributed by atoms with Crippen molar-refractivity contribution in [1.29, 1.82) is 0 Å². The van der Waals surface area contributed by atoms with Crippen molar-refractivity contribution < 1.29 is 4.79 Å². The average molecular weight is 240 g/mol. The molecule has 0 aromatic carbocycles. The number of nitrogens with zero attached hydrogens (tertiary/aromatic N) is 2. The molecule has 1 heterocycles. The molecule has 5 heteroatoms. The molecule has 5 nitrogen and oxygen atoms in total. The molecule has 0 spiro atoms. The fourth-order valence-electron chi connectivity index (χ4n) is 1.81. The Morgan fingerprint density at radius 2 is 2.24 bits per heavy atom. The molecule has 0 unspecified atom stereocenters. The predicted octanol–water partition coefficient (Wildman–Crippen LogP) is -0.874. The summed E-state index contributed by atoms with van der Waals surface area (Å²) in [6.45, 7) is 10.9. The monoisotopic (exact) mass is 240 g/mol. The van der Waals surface area contributed by atoms with E-state index in [4.69, 9.17) is 0 Å². The number of piperazine rings is 1. The van der Waals surface area contributed by atoms with E-state index < -0.39 is 0 Å². The summed E-state index contributed by atoms with van der Waals surface area (Å²) >= 11 is 0. The molecule has 0 aromatic rings. The Kier molecular flexibility index (Phi) is 6.84. The molecule has 1 aliphatic rings. The second-order valence-corrected chi connectivity index (χ2v) is 4.42. The van der Waals surface area contributed by atoms with Gasteiger partial charge >= 0.3 is 0 Å². The second-order valence-electron chi connectivity index (χ2n) is 4.42. The van der Waals surface area contributed by atoms with E-state index in [0.717, 1.165) is 39.3 Å². The van der Waals surface area contributed by atoms with Crippen molar-refractivity contribution in [2.45, 2.75) is 0 Å². The van der Waals surface area contributed by atoms with Crippen LogP contribution < -0.4 is 10.6 Å². The Morgan fingerprint density at radius 1 is 1.53 bits per heavy atom. The smallest absolute Gasteiger partial charge is 0.234 e. The Bertz CT molecular complexity index is 239. The third-order valence-electron chi connectivity index (χ3n) is 2.86. The first-order valence-corrected chi connectivity index (χ1v) is 6.21. The van der Waals surface area contributed by atoms with Gasteiger partial charge in [0.2, 0.25) is 5.91 Å². The van der Waals surface area contributed by atoms with Gasteiger partial charge in [0.25, 0.3) is 0 Å². The number of hydrogen-bond acceptors (Lipinski definition) is 4. The molecular formula is C12H24N4O. The van der Waals surface area contributed by atoms with Gasteiger partial charge in [-0.15, -0.1) is 6.58 Å². The van der Waals surface area contributed by atoms with Crippen LogP contribution in [-0.2, 0) is 4.79 Å². The van der Waals surface area contributed by atoms with Gasteiger partial charge in [-0.1, -0.05) is 6.08 Å². The summed E-state index contributed by atoms with van der Waals surface area (Å²) in [6.07, 6.45) is 1.69. The zero-order valence-electron chi connectivity index (χ0n) is 10.7. The lowest BCUT2D eigenvalue weighted by molar-refractivity contribution is -0.121. The molecule has 0 aromatic heterocycles. The van der Waals surface area contributed by atoms with Gasteiger partial charge in [-0.3, -0.25) is 14.6 Å². The molecule has 0 atom stereocenters. The predicted molar refractivity (Wildman–Crippen MR) is 70.0 cm³/mol. The molecule has 1 rings (SSSR count). The van der Waals surface area contributed by atoms with E-state index in [1.165, 1.54) is 0 Å². The maximum Gasteiger partial charge on any atom is 0.234 e. The fraction of sp³-hybridized carbons (Fsp3) is 0.750. The highest BCUT2D eigenvalue weighted by Gasteiger charge is 2.11. The molecule has 98 valence electrons. The minimum Gasteiger partial charge on any atom is -0.352 e. The molecule has 0 radical (unpaired) electrons. The van der Waals surface area contributed by atoms with Gasteiger partial charge in [-0.2, -0.15) is 0 Å². The lowest BCUT2D eigenvalue weighted by Gasteiger charge is -2.28. The van der Waals surface area contributed by atoms with Gasteiger partial charge in [0.15, 0.2) is 0 Å². The van der Waals surface area contributed by atoms with Crippen molar-refractivity contribution in [3.05, 3.63) is 12.7 Å². The quantitative estimate of drug-likeness (QED) is 0.568. The molecule has 2 N–H and O–H groups in total. The van der Waals surface area contributed by atoms with Crippen molar-refractivity contribution >= 4 is 5.91 Å². The van der Waals surface area contributed by atoms with Crippen LogP contribution in [0, 0.1) is 0 Å². The highest BCUT2D eigenvalue weighted by molar-refractivity contribution is 5.78. The van der Waals surface area contributed by atoms with Gasteiger partial charge in [0.1, 0.15) is 0 Å². The van der Waals surface area contributed by atoms with E-state index >= 15 is 0 Å². The van der Waals surface area contributed by atoms with E-state index in [0.29, 0.717) is 13.1 Å². The van der Waals surface area contributed by atoms with Crippen LogP contribution in [0.2, 0.25) is 0 Å². The number of amides is 1. The maximum atomic E-state index is 11.4. The lowest BCUT2D eigenvalue weighted by Crippen LogP contribution is -2.46. The number of hydrogen-bond donors (Lipinski definition) is 2. The van der Waals surface area contributed by atoms with Crippen LogP contribution >= 0.6 is 0 Å². The summed E-state index contributed by atoms with van der Waals surface area (Å²) in [5.41, 5.74) is 0. The van der Waals surface area contributed by atoms with Gasteiger partial charge in [-0.05, 0) is 7.05 Å². The Hall–Kier alpha value is -0.910. The van der Waals surface area contributed by atoms with Gasteiger partial charge in [0, 0.05) is 45.8 Å². The largest absolute Gasteiger partial charge is 0.352 e. The number of carbonyl (C=O) groups excluding carboxylic acids is 1. The summed E-state index contributed by atoms with van der Waals surface area (Å²) in [7, 11) is 1.98. The van der Waals surface area contributed by atoms with Crippen LogP contribution in [0.25, 0.3) is 0 Å². The standard InChI is InChI=1S/C12H24N4O/c1-3-4-14-12(17)11-15(2)9-10-16-7-5-13-6-8-16/h3,13H,1,4-11H2,2H3,(H,14,17). The average Bonchev–Trinajstić information content (AvgIpc) is 2.35. The van der Waals surface area contributed by atoms with Crippen molar-refractivity contribution in [2.75, 3.05) is 59.4 Å². The molecule has 1 aliphatic heterocycles. The van der Waals surface area contributed by atoms with Crippen LogP contribution in [0.1, 0.15) is 0 Å². The molecule has 0 aliphatic carbocycles. The third-order valence-corrected chi connectivity index (χ3v) is 2.86. The number of rotatable bonds is 7. The topological polar surface area (TPSA) is 47.6 Å². The van der Waals surface area contributed by atoms with Crippen LogP contribution in [0.5, 0.6) is 0 Å². The molecular weight excluding hydrogens is 216 g/mol. The van der Waals surface area contributed by atoms with E-state index in [1.807, 2.05) is 7.05 Å². The first kappa shape index (κ1) is 14.2. The number of likely N-dealkylation sites (N-methyl/N-ethyl adjacent to an activating group) is 1. The molecule has 1 amide bonds. The van der Waals surface area contributed by atoms with Crippen molar-refractivity contribution in [3.63, 3.8) is 0 Å². The Morgan fingerprint density at radius 3 is 2.88 bits per heavy atom. The summed E-state index contributed by atoms with van der Waals surface area (Å²) < 4.78 is 0. The third kappa shape index (κ3) is 6.41. The molecule has 1 fully saturated rings. The fourth-order valence-corrected chi connectivity index (χ4v) is 1.81.